The van der Waals surface area contributed by atoms with Gasteiger partial charge in [-0.3, -0.25) is 5.32 Å². The van der Waals surface area contributed by atoms with Gasteiger partial charge in [-0.1, -0.05) is 20.8 Å². The summed E-state index contributed by atoms with van der Waals surface area (Å²) in [6.45, 7) is 11.9. The molecule has 0 aromatic rings. The number of nitrogens with zero attached hydrogens (tertiary/aromatic N) is 1. The molecule has 0 aromatic heterocycles. The van der Waals surface area contributed by atoms with Crippen LogP contribution < -0.4 is 5.32 Å². The molecule has 0 aromatic carbocycles. The Bertz CT molecular complexity index is 188. The van der Waals surface area contributed by atoms with Gasteiger partial charge in [-0.15, -0.1) is 0 Å². The lowest BCUT2D eigenvalue weighted by Crippen LogP contribution is -2.30. The first-order valence-corrected chi connectivity index (χ1v) is 4.54. The first-order valence-electron chi connectivity index (χ1n) is 4.54. The quantitative estimate of drug-likeness (QED) is 0.298. The van der Waals surface area contributed by atoms with Crippen LogP contribution in [0.4, 0.5) is 4.39 Å². The fourth-order valence-electron chi connectivity index (χ4n) is 1.07. The Morgan fingerprint density at radius 2 is 2.08 bits per heavy atom. The van der Waals surface area contributed by atoms with Gasteiger partial charge in [-0.05, 0) is 0 Å². The second-order valence-corrected chi connectivity index (χ2v) is 4.27. The predicted octanol–water partition coefficient (Wildman–Crippen LogP) is 1.42. The molecule has 0 amide bonds. The molecule has 0 aliphatic carbocycles. The largest absolute Gasteiger partial charge is 0.284 e. The van der Waals surface area contributed by atoms with Crippen molar-refractivity contribution in [2.24, 2.45) is 5.41 Å². The van der Waals surface area contributed by atoms with Crippen LogP contribution >= 0.6 is 0 Å². The Balaban J connectivity index is 3.86. The zero-order chi connectivity index (χ0) is 10.3. The summed E-state index contributed by atoms with van der Waals surface area (Å²) in [5, 5.41) is 2.62. The summed E-state index contributed by atoms with van der Waals surface area (Å²) in [6.07, 6.45) is 0. The maximum atomic E-state index is 11.7. The third-order valence-electron chi connectivity index (χ3n) is 1.54. The van der Waals surface area contributed by atoms with Gasteiger partial charge in [-0.2, -0.15) is 4.58 Å². The van der Waals surface area contributed by atoms with Gasteiger partial charge >= 0.3 is 0 Å². The Hall–Kier alpha value is -0.660. The first-order chi connectivity index (χ1) is 5.99. The number of halogens is 1. The molecule has 0 radical (unpaired) electrons. The summed E-state index contributed by atoms with van der Waals surface area (Å²) < 4.78 is 13.7. The van der Waals surface area contributed by atoms with Crippen LogP contribution in [0.15, 0.2) is 6.58 Å². The number of alkyl halides is 1. The Morgan fingerprint density at radius 3 is 2.46 bits per heavy atom. The average molecular weight is 187 g/mol. The van der Waals surface area contributed by atoms with Crippen LogP contribution in [0.5, 0.6) is 0 Å². The van der Waals surface area contributed by atoms with Crippen LogP contribution in [0.1, 0.15) is 20.8 Å². The van der Waals surface area contributed by atoms with Crippen molar-refractivity contribution < 1.29 is 8.97 Å². The summed E-state index contributed by atoms with van der Waals surface area (Å²) in [5.74, 6) is 2.84. The molecule has 0 saturated heterocycles. The van der Waals surface area contributed by atoms with Gasteiger partial charge in [0.25, 0.3) is 0 Å². The van der Waals surface area contributed by atoms with Crippen molar-refractivity contribution in [1.82, 2.24) is 5.32 Å². The van der Waals surface area contributed by atoms with Gasteiger partial charge in [0.2, 0.25) is 0 Å². The van der Waals surface area contributed by atoms with Gasteiger partial charge < -0.3 is 0 Å². The molecule has 13 heavy (non-hydrogen) atoms. The van der Waals surface area contributed by atoms with E-state index in [4.69, 9.17) is 0 Å². The summed E-state index contributed by atoms with van der Waals surface area (Å²) in [6, 6.07) is 0. The second kappa shape index (κ2) is 5.90. The highest BCUT2D eigenvalue weighted by Crippen LogP contribution is 2.11. The first kappa shape index (κ1) is 12.3. The second-order valence-electron chi connectivity index (χ2n) is 4.27. The van der Waals surface area contributed by atoms with Crippen molar-refractivity contribution in [3.63, 3.8) is 0 Å². The van der Waals surface area contributed by atoms with Gasteiger partial charge in [0.05, 0.1) is 6.54 Å². The zero-order valence-electron chi connectivity index (χ0n) is 8.86. The average Bonchev–Trinajstić information content (AvgIpc) is 2.01. The number of hydrogen-bond acceptors (Lipinski definition) is 1. The molecule has 0 saturated carbocycles. The van der Waals surface area contributed by atoms with Gasteiger partial charge in [0.1, 0.15) is 6.80 Å². The summed E-state index contributed by atoms with van der Waals surface area (Å²) in [7, 11) is 0. The van der Waals surface area contributed by atoms with E-state index in [9.17, 15) is 4.39 Å². The highest BCUT2D eigenvalue weighted by atomic mass is 19.1. The molecule has 0 rings (SSSR count). The fourth-order valence-corrected chi connectivity index (χ4v) is 1.07. The molecular formula is C10H20FN2+. The minimum absolute atomic E-state index is 0.223. The highest BCUT2D eigenvalue weighted by Gasteiger charge is 2.17. The van der Waals surface area contributed by atoms with Crippen LogP contribution in [-0.2, 0) is 0 Å². The van der Waals surface area contributed by atoms with E-state index in [-0.39, 0.29) is 5.41 Å². The van der Waals surface area contributed by atoms with Crippen molar-refractivity contribution in [2.75, 3.05) is 26.4 Å². The zero-order valence-corrected chi connectivity index (χ0v) is 8.86. The Labute approximate surface area is 80.2 Å². The molecule has 2 nitrogen and oxygen atoms in total. The van der Waals surface area contributed by atoms with E-state index in [0.717, 1.165) is 13.1 Å². The van der Waals surface area contributed by atoms with Crippen molar-refractivity contribution in [2.45, 2.75) is 20.8 Å². The lowest BCUT2D eigenvalue weighted by Gasteiger charge is -2.14. The van der Waals surface area contributed by atoms with E-state index >= 15 is 0 Å². The van der Waals surface area contributed by atoms with Crippen LogP contribution in [0.3, 0.4) is 0 Å². The maximum absolute atomic E-state index is 11.7. The minimum Gasteiger partial charge on any atom is -0.284 e. The fraction of sp³-hybridized carbons (Fsp3) is 0.800. The van der Waals surface area contributed by atoms with Crippen molar-refractivity contribution >= 4 is 5.87 Å². The molecule has 0 atom stereocenters. The highest BCUT2D eigenvalue weighted by molar-refractivity contribution is 5.39. The molecule has 0 spiro atoms. The molecule has 0 aliphatic rings. The lowest BCUT2D eigenvalue weighted by atomic mass is 9.97. The third-order valence-corrected chi connectivity index (χ3v) is 1.54. The predicted molar refractivity (Wildman–Crippen MR) is 54.1 cm³/mol. The van der Waals surface area contributed by atoms with E-state index in [1.165, 1.54) is 0 Å². The van der Waals surface area contributed by atoms with E-state index in [1.54, 1.807) is 0 Å². The van der Waals surface area contributed by atoms with Crippen LogP contribution in [0, 0.1) is 5.41 Å². The van der Waals surface area contributed by atoms with E-state index < -0.39 is 6.80 Å². The van der Waals surface area contributed by atoms with Gasteiger partial charge in [0, 0.05) is 12.0 Å². The molecular weight excluding hydrogens is 167 g/mol. The molecule has 3 heteroatoms. The van der Waals surface area contributed by atoms with Gasteiger partial charge in [0.15, 0.2) is 19.0 Å². The number of nitrogens with one attached hydrogen (secondary N) is 1. The summed E-state index contributed by atoms with van der Waals surface area (Å²) in [4.78, 5) is 0. The summed E-state index contributed by atoms with van der Waals surface area (Å²) >= 11 is 0. The minimum atomic E-state index is -0.472. The van der Waals surface area contributed by atoms with E-state index in [1.807, 2.05) is 4.58 Å². The normalized spacial score (nSPS) is 11.1. The van der Waals surface area contributed by atoms with Crippen LogP contribution in [0.25, 0.3) is 0 Å². The molecule has 0 unspecified atom stereocenters. The van der Waals surface area contributed by atoms with Crippen molar-refractivity contribution in [3.05, 3.63) is 6.58 Å². The molecule has 76 valence electrons. The SMILES string of the molecule is C=C=[N+](CCNCF)CC(C)(C)C. The maximum Gasteiger partial charge on any atom is 0.164 e. The number of rotatable bonds is 5. The topological polar surface area (TPSA) is 15.0 Å². The standard InChI is InChI=1S/C10H20FN2/c1-5-13(7-6-12-9-11)8-10(2,3)4/h12H,1,6-9H2,2-4H3/q+1. The van der Waals surface area contributed by atoms with Crippen molar-refractivity contribution in [3.8, 4) is 0 Å². The Morgan fingerprint density at radius 1 is 1.46 bits per heavy atom. The molecule has 0 heterocycles. The Kier molecular flexibility index (Phi) is 5.60. The van der Waals surface area contributed by atoms with Gasteiger partial charge in [-0.25, -0.2) is 4.39 Å². The third kappa shape index (κ3) is 7.69. The molecule has 0 bridgehead atoms. The van der Waals surface area contributed by atoms with E-state index in [0.29, 0.717) is 6.54 Å². The molecule has 1 N–H and O–H groups in total. The molecule has 0 fully saturated rings. The lowest BCUT2D eigenvalue weighted by molar-refractivity contribution is -0.532. The van der Waals surface area contributed by atoms with Crippen molar-refractivity contribution in [1.29, 1.82) is 0 Å². The van der Waals surface area contributed by atoms with Crippen LogP contribution in [0.2, 0.25) is 0 Å². The monoisotopic (exact) mass is 187 g/mol. The van der Waals surface area contributed by atoms with E-state index in [2.05, 4.69) is 38.5 Å². The summed E-state index contributed by atoms with van der Waals surface area (Å²) in [5.41, 5.74) is 0.223. The molecule has 0 aliphatic heterocycles. The van der Waals surface area contributed by atoms with Crippen LogP contribution in [-0.4, -0.2) is 36.9 Å². The number of hydrogen-bond donors (Lipinski definition) is 1. The smallest absolute Gasteiger partial charge is 0.164 e.